The van der Waals surface area contributed by atoms with Crippen LogP contribution in [0.15, 0.2) is 12.3 Å². The molecule has 1 aromatic heterocycles. The molecule has 0 aliphatic carbocycles. The van der Waals surface area contributed by atoms with E-state index in [9.17, 15) is 0 Å². The second-order valence-corrected chi connectivity index (χ2v) is 1.47. The van der Waals surface area contributed by atoms with Crippen LogP contribution in [0.1, 0.15) is 0 Å². The molecule has 0 fully saturated rings. The molecular weight excluding hydrogens is 86.1 g/mol. The topological polar surface area (TPSA) is 12.9 Å². The smallest absolute Gasteiger partial charge is 0.0360 e. The van der Waals surface area contributed by atoms with Crippen molar-refractivity contribution in [2.75, 3.05) is 0 Å². The van der Waals surface area contributed by atoms with Gasteiger partial charge in [-0.2, -0.15) is 6.58 Å². The Bertz CT molecular complexity index is 208. The third kappa shape index (κ3) is 0.712. The van der Waals surface area contributed by atoms with Crippen molar-refractivity contribution in [1.82, 2.24) is 4.98 Å². The summed E-state index contributed by atoms with van der Waals surface area (Å²) in [6.07, 6.45) is 1.70. The van der Waals surface area contributed by atoms with E-state index in [2.05, 4.69) is 18.1 Å². The Hall–Kier alpha value is -0.980. The van der Waals surface area contributed by atoms with Gasteiger partial charge in [-0.15, -0.1) is 17.9 Å². The number of hydrogen-bond acceptors (Lipinski definition) is 1. The Kier molecular flexibility index (Phi) is 0.754. The maximum absolute atomic E-state index is 3.84. The van der Waals surface area contributed by atoms with Crippen molar-refractivity contribution < 1.29 is 0 Å². The first-order valence-electron chi connectivity index (χ1n) is 2.05. The summed E-state index contributed by atoms with van der Waals surface area (Å²) >= 11 is 0. The van der Waals surface area contributed by atoms with Gasteiger partial charge in [-0.1, -0.05) is 0 Å². The Morgan fingerprint density at radius 1 is 1.57 bits per heavy atom. The Labute approximate surface area is 42.0 Å². The van der Waals surface area contributed by atoms with Gasteiger partial charge in [-0.3, -0.25) is 0 Å². The molecule has 0 amide bonds. The molecule has 1 aromatic rings. The van der Waals surface area contributed by atoms with E-state index in [-0.39, 0.29) is 0 Å². The van der Waals surface area contributed by atoms with Crippen LogP contribution in [0.25, 0.3) is 13.2 Å². The molecule has 0 saturated carbocycles. The van der Waals surface area contributed by atoms with Crippen molar-refractivity contribution in [2.45, 2.75) is 0 Å². The van der Waals surface area contributed by atoms with E-state index >= 15 is 0 Å². The quantitative estimate of drug-likeness (QED) is 0.397. The third-order valence-corrected chi connectivity index (χ3v) is 0.748. The highest BCUT2D eigenvalue weighted by Gasteiger charge is 1.63. The van der Waals surface area contributed by atoms with Gasteiger partial charge in [0.1, 0.15) is 0 Å². The highest BCUT2D eigenvalue weighted by molar-refractivity contribution is 5.07. The summed E-state index contributed by atoms with van der Waals surface area (Å²) in [6, 6.07) is 1.83. The molecule has 1 rings (SSSR count). The summed E-state index contributed by atoms with van der Waals surface area (Å²) in [5.41, 5.74) is 0. The molecule has 0 aliphatic rings. The van der Waals surface area contributed by atoms with E-state index in [1.54, 1.807) is 6.20 Å². The molecule has 1 heterocycles. The first kappa shape index (κ1) is 4.19. The summed E-state index contributed by atoms with van der Waals surface area (Å²) in [5.74, 6) is 0. The monoisotopic (exact) mass is 92.1 g/mol. The Morgan fingerprint density at radius 3 is 2.43 bits per heavy atom. The molecule has 0 unspecified atom stereocenters. The molecule has 0 bridgehead atoms. The van der Waals surface area contributed by atoms with Crippen LogP contribution in [-0.4, -0.2) is 4.98 Å². The van der Waals surface area contributed by atoms with Gasteiger partial charge in [-0.25, -0.2) is 0 Å². The van der Waals surface area contributed by atoms with Gasteiger partial charge in [0.15, 0.2) is 0 Å². The lowest BCUT2D eigenvalue weighted by molar-refractivity contribution is 1.34. The Balaban J connectivity index is 3.59. The molecule has 0 saturated heterocycles. The fourth-order valence-corrected chi connectivity index (χ4v) is 0.454. The normalized spacial score (nSPS) is 9.14. The van der Waals surface area contributed by atoms with Crippen molar-refractivity contribution in [1.29, 1.82) is 0 Å². The maximum atomic E-state index is 3.84. The van der Waals surface area contributed by atoms with Crippen molar-refractivity contribution in [3.63, 3.8) is 0 Å². The van der Waals surface area contributed by atoms with Gasteiger partial charge in [0, 0.05) is 0 Å². The lowest BCUT2D eigenvalue weighted by atomic mass is 10.5. The highest BCUT2D eigenvalue weighted by Crippen LogP contribution is 1.50. The van der Waals surface area contributed by atoms with Gasteiger partial charge >= 0.3 is 0 Å². The molecular formula is C6H6N-. The van der Waals surface area contributed by atoms with E-state index < -0.39 is 0 Å². The fraction of sp³-hybridized carbons (Fsp3) is 0. The minimum absolute atomic E-state index is 0.796. The average Bonchev–Trinajstić information content (AvgIpc) is 1.87. The minimum atomic E-state index is 0.796. The number of rotatable bonds is 0. The lowest BCUT2D eigenvalue weighted by Crippen LogP contribution is -1.95. The molecule has 0 aromatic carbocycles. The van der Waals surface area contributed by atoms with Crippen LogP contribution in [0.5, 0.6) is 0 Å². The van der Waals surface area contributed by atoms with Crippen molar-refractivity contribution in [3.8, 4) is 0 Å². The average molecular weight is 92.1 g/mol. The second kappa shape index (κ2) is 1.26. The van der Waals surface area contributed by atoms with Crippen molar-refractivity contribution >= 4 is 13.2 Å². The summed E-state index contributed by atoms with van der Waals surface area (Å²) < 4.78 is 0. The number of hydrogen-bond donors (Lipinski definition) is 0. The van der Waals surface area contributed by atoms with Crippen LogP contribution in [0.2, 0.25) is 0 Å². The first-order chi connectivity index (χ1) is 3.29. The van der Waals surface area contributed by atoms with Gasteiger partial charge < -0.3 is 4.98 Å². The zero-order valence-corrected chi connectivity index (χ0v) is 4.02. The summed E-state index contributed by atoms with van der Waals surface area (Å²) in [4.78, 5) is 3.84. The molecule has 1 nitrogen and oxygen atoms in total. The largest absolute Gasteiger partial charge is 0.325 e. The molecule has 0 atom stereocenters. The van der Waals surface area contributed by atoms with E-state index in [1.165, 1.54) is 0 Å². The molecule has 36 valence electrons. The molecule has 1 heteroatoms. The Morgan fingerprint density at radius 2 is 2.29 bits per heavy atom. The molecule has 0 radical (unpaired) electrons. The standard InChI is InChI=1S/C6H6N/c1-5-3-6(2)7-4-5/h3-4H,1-2H2/q-1. The van der Waals surface area contributed by atoms with E-state index in [1.807, 2.05) is 6.07 Å². The molecule has 0 aliphatic heterocycles. The van der Waals surface area contributed by atoms with Gasteiger partial charge in [-0.05, 0) is 11.5 Å². The molecule has 7 heavy (non-hydrogen) atoms. The van der Waals surface area contributed by atoms with Crippen molar-refractivity contribution in [2.24, 2.45) is 0 Å². The zero-order valence-electron chi connectivity index (χ0n) is 4.02. The van der Waals surface area contributed by atoms with E-state index in [4.69, 9.17) is 0 Å². The van der Waals surface area contributed by atoms with Crippen LogP contribution >= 0.6 is 0 Å². The summed E-state index contributed by atoms with van der Waals surface area (Å²) in [5, 5.41) is 1.73. The van der Waals surface area contributed by atoms with Crippen LogP contribution in [-0.2, 0) is 0 Å². The zero-order chi connectivity index (χ0) is 5.28. The predicted molar refractivity (Wildman–Crippen MR) is 30.1 cm³/mol. The van der Waals surface area contributed by atoms with Gasteiger partial charge in [0.25, 0.3) is 0 Å². The van der Waals surface area contributed by atoms with Crippen LogP contribution in [0.3, 0.4) is 0 Å². The maximum Gasteiger partial charge on any atom is -0.0360 e. The fourth-order valence-electron chi connectivity index (χ4n) is 0.454. The van der Waals surface area contributed by atoms with E-state index in [0.717, 1.165) is 10.6 Å². The van der Waals surface area contributed by atoms with Gasteiger partial charge in [0.05, 0.1) is 0 Å². The van der Waals surface area contributed by atoms with Gasteiger partial charge in [0.2, 0.25) is 0 Å². The lowest BCUT2D eigenvalue weighted by Gasteiger charge is -1.62. The number of nitrogens with zero attached hydrogens (tertiary/aromatic N) is 1. The van der Waals surface area contributed by atoms with Crippen molar-refractivity contribution in [3.05, 3.63) is 22.8 Å². The van der Waals surface area contributed by atoms with Crippen LogP contribution in [0.4, 0.5) is 0 Å². The minimum Gasteiger partial charge on any atom is -0.325 e. The highest BCUT2D eigenvalue weighted by atomic mass is 14.6. The van der Waals surface area contributed by atoms with Crippen LogP contribution < -0.4 is 10.6 Å². The van der Waals surface area contributed by atoms with Crippen LogP contribution in [0, 0.1) is 0 Å². The summed E-state index contributed by atoms with van der Waals surface area (Å²) in [7, 11) is 0. The number of aromatic nitrogens is 1. The molecule has 0 N–H and O–H groups in total. The SMILES string of the molecule is C=c1cnc(=C)[cH-]1. The summed E-state index contributed by atoms with van der Waals surface area (Å²) in [6.45, 7) is 7.23. The third-order valence-electron chi connectivity index (χ3n) is 0.748. The second-order valence-electron chi connectivity index (χ2n) is 1.47. The molecule has 0 spiro atoms. The first-order valence-corrected chi connectivity index (χ1v) is 2.05. The van der Waals surface area contributed by atoms with E-state index in [0.29, 0.717) is 0 Å². The predicted octanol–water partition coefficient (Wildman–Crippen LogP) is -0.379.